The van der Waals surface area contributed by atoms with E-state index in [0.717, 1.165) is 16.2 Å². The number of thioether (sulfide) groups is 1. The maximum Gasteiger partial charge on any atom is 0.358 e. The zero-order valence-electron chi connectivity index (χ0n) is 23.1. The fourth-order valence-corrected chi connectivity index (χ4v) is 5.26. The number of hydrogen-bond acceptors (Lipinski definition) is 15. The zero-order valence-corrected chi connectivity index (χ0v) is 24.8. The molecule has 0 spiro atoms. The van der Waals surface area contributed by atoms with Gasteiger partial charge in [0.05, 0.1) is 5.41 Å². The highest BCUT2D eigenvalue weighted by Gasteiger charge is 2.55. The number of oxime groups is 1. The Morgan fingerprint density at radius 1 is 1.24 bits per heavy atom. The number of ether oxygens (including phenoxy) is 3. The standard InChI is InChI=1S/C24H32N6O9S2/c1-11(6-25)39-29-15(14-9-41-23(26)27-14)18(32)28-16-19(33)30-17(13(7-36-12(2)31)8-40-20(16)30)21(34)37-10-38-22(35)24(3,4)5/h9,11,16,20H,6-8,10,25H2,1-5H3,(H2,26,27)(H,28,32)/t11?,16-,20-/m1/s1. The Kier molecular flexibility index (Phi) is 10.3. The molecule has 1 fully saturated rings. The lowest BCUT2D eigenvalue weighted by Gasteiger charge is -2.49. The molecule has 3 atom stereocenters. The van der Waals surface area contributed by atoms with Gasteiger partial charge < -0.3 is 35.8 Å². The number of aromatic nitrogens is 1. The Balaban J connectivity index is 1.79. The number of nitrogen functional groups attached to an aromatic ring is 1. The number of esters is 3. The number of nitrogens with two attached hydrogens (primary N) is 2. The number of carbonyl (C=O) groups excluding carboxylic acids is 5. The molecule has 224 valence electrons. The minimum Gasteiger partial charge on any atom is -0.461 e. The highest BCUT2D eigenvalue weighted by molar-refractivity contribution is 8.00. The Bertz CT molecular complexity index is 1270. The maximum absolute atomic E-state index is 13.3. The van der Waals surface area contributed by atoms with E-state index in [0.29, 0.717) is 5.57 Å². The minimum absolute atomic E-state index is 0.142. The third-order valence-corrected chi connectivity index (χ3v) is 7.62. The fourth-order valence-electron chi connectivity index (χ4n) is 3.39. The second-order valence-corrected chi connectivity index (χ2v) is 12.0. The van der Waals surface area contributed by atoms with Crippen LogP contribution in [0.15, 0.2) is 21.8 Å². The van der Waals surface area contributed by atoms with E-state index in [2.05, 4.69) is 15.5 Å². The molecule has 1 aromatic heterocycles. The van der Waals surface area contributed by atoms with E-state index >= 15 is 0 Å². The van der Waals surface area contributed by atoms with Crippen LogP contribution in [-0.4, -0.2) is 88.5 Å². The van der Waals surface area contributed by atoms with Crippen molar-refractivity contribution in [1.29, 1.82) is 0 Å². The van der Waals surface area contributed by atoms with Crippen molar-refractivity contribution in [3.63, 3.8) is 0 Å². The predicted molar refractivity (Wildman–Crippen MR) is 148 cm³/mol. The molecule has 0 aliphatic carbocycles. The van der Waals surface area contributed by atoms with Gasteiger partial charge in [-0.15, -0.1) is 23.1 Å². The molecule has 2 aliphatic rings. The second kappa shape index (κ2) is 13.3. The number of anilines is 1. The van der Waals surface area contributed by atoms with Gasteiger partial charge in [0, 0.05) is 30.2 Å². The SMILES string of the molecule is CC(=O)OCC1=C(C(=O)OCOC(=O)C(C)(C)C)N2C(=O)[C@@H](NC(=O)C(=NOC(C)CN)c3csc(N)n3)[C@H]2SC1. The molecule has 5 N–H and O–H groups in total. The molecule has 3 rings (SSSR count). The molecule has 1 aromatic rings. The van der Waals surface area contributed by atoms with Gasteiger partial charge in [-0.05, 0) is 27.7 Å². The van der Waals surface area contributed by atoms with Gasteiger partial charge in [0.2, 0.25) is 6.79 Å². The minimum atomic E-state index is -1.04. The van der Waals surface area contributed by atoms with Crippen LogP contribution in [0.25, 0.3) is 0 Å². The van der Waals surface area contributed by atoms with Crippen LogP contribution >= 0.6 is 23.1 Å². The summed E-state index contributed by atoms with van der Waals surface area (Å²) in [6.45, 7) is 6.97. The van der Waals surface area contributed by atoms with Gasteiger partial charge in [-0.1, -0.05) is 5.16 Å². The highest BCUT2D eigenvalue weighted by Crippen LogP contribution is 2.40. The lowest BCUT2D eigenvalue weighted by atomic mass is 9.98. The van der Waals surface area contributed by atoms with Gasteiger partial charge in [0.25, 0.3) is 11.8 Å². The average Bonchev–Trinajstić information content (AvgIpc) is 3.34. The molecule has 15 nitrogen and oxygen atoms in total. The molecule has 2 amide bonds. The van der Waals surface area contributed by atoms with E-state index < -0.39 is 59.4 Å². The highest BCUT2D eigenvalue weighted by atomic mass is 32.2. The molecule has 17 heteroatoms. The summed E-state index contributed by atoms with van der Waals surface area (Å²) in [5, 5.41) is 7.52. The van der Waals surface area contributed by atoms with Crippen molar-refractivity contribution in [3.8, 4) is 0 Å². The summed E-state index contributed by atoms with van der Waals surface area (Å²) in [7, 11) is 0. The first-order valence-corrected chi connectivity index (χ1v) is 14.3. The lowest BCUT2D eigenvalue weighted by molar-refractivity contribution is -0.173. The number of fused-ring (bicyclic) bond motifs is 1. The van der Waals surface area contributed by atoms with Gasteiger partial charge >= 0.3 is 17.9 Å². The first-order valence-electron chi connectivity index (χ1n) is 12.3. The Labute approximate surface area is 243 Å². The summed E-state index contributed by atoms with van der Waals surface area (Å²) >= 11 is 2.33. The summed E-state index contributed by atoms with van der Waals surface area (Å²) in [5.41, 5.74) is 10.5. The molecule has 0 bridgehead atoms. The molecule has 0 aromatic carbocycles. The third kappa shape index (κ3) is 7.74. The van der Waals surface area contributed by atoms with Crippen LogP contribution in [0.1, 0.15) is 40.3 Å². The second-order valence-electron chi connectivity index (χ2n) is 9.99. The quantitative estimate of drug-likeness (QED) is 0.0995. The van der Waals surface area contributed by atoms with Gasteiger partial charge in [0.1, 0.15) is 35.5 Å². The third-order valence-electron chi connectivity index (χ3n) is 5.60. The smallest absolute Gasteiger partial charge is 0.358 e. The van der Waals surface area contributed by atoms with E-state index in [-0.39, 0.29) is 41.1 Å². The van der Waals surface area contributed by atoms with E-state index in [1.807, 2.05) is 0 Å². The molecule has 41 heavy (non-hydrogen) atoms. The molecular formula is C24H32N6O9S2. The van der Waals surface area contributed by atoms with Crippen molar-refractivity contribution in [2.24, 2.45) is 16.3 Å². The number of carbonyl (C=O) groups is 5. The van der Waals surface area contributed by atoms with Gasteiger partial charge in [-0.3, -0.25) is 24.1 Å². The summed E-state index contributed by atoms with van der Waals surface area (Å²) in [6, 6.07) is -1.04. The summed E-state index contributed by atoms with van der Waals surface area (Å²) in [5.74, 6) is -3.34. The van der Waals surface area contributed by atoms with Crippen LogP contribution < -0.4 is 16.8 Å². The normalized spacial score (nSPS) is 19.5. The number of β-lactam (4-membered cyclic amide) rings is 1. The molecule has 1 saturated heterocycles. The van der Waals surface area contributed by atoms with E-state index in [1.165, 1.54) is 24.1 Å². The van der Waals surface area contributed by atoms with E-state index in [1.54, 1.807) is 27.7 Å². The Hall–Kier alpha value is -3.70. The van der Waals surface area contributed by atoms with Crippen LogP contribution in [0, 0.1) is 5.41 Å². The molecule has 0 saturated carbocycles. The number of rotatable bonds is 11. The summed E-state index contributed by atoms with van der Waals surface area (Å²) < 4.78 is 15.2. The summed E-state index contributed by atoms with van der Waals surface area (Å²) in [4.78, 5) is 73.4. The lowest BCUT2D eigenvalue weighted by Crippen LogP contribution is -2.71. The van der Waals surface area contributed by atoms with Crippen molar-refractivity contribution in [2.45, 2.75) is 52.1 Å². The zero-order chi connectivity index (χ0) is 30.5. The van der Waals surface area contributed by atoms with E-state index in [4.69, 9.17) is 30.5 Å². The molecule has 1 unspecified atom stereocenters. The van der Waals surface area contributed by atoms with Gasteiger partial charge in [-0.2, -0.15) is 0 Å². The largest absolute Gasteiger partial charge is 0.461 e. The van der Waals surface area contributed by atoms with Crippen LogP contribution in [-0.2, 0) is 43.0 Å². The number of nitrogens with zero attached hydrogens (tertiary/aromatic N) is 3. The first-order chi connectivity index (χ1) is 19.2. The average molecular weight is 613 g/mol. The topological polar surface area (TPSA) is 215 Å². The fraction of sp³-hybridized carbons (Fsp3) is 0.542. The van der Waals surface area contributed by atoms with Gasteiger partial charge in [-0.25, -0.2) is 9.78 Å². The first kappa shape index (κ1) is 31.8. The maximum atomic E-state index is 13.3. The van der Waals surface area contributed by atoms with Crippen LogP contribution in [0.4, 0.5) is 5.13 Å². The Morgan fingerprint density at radius 3 is 2.54 bits per heavy atom. The van der Waals surface area contributed by atoms with Crippen LogP contribution in [0.3, 0.4) is 0 Å². The number of nitrogens with one attached hydrogen (secondary N) is 1. The number of thiazole rings is 1. The van der Waals surface area contributed by atoms with Crippen LogP contribution in [0.5, 0.6) is 0 Å². The monoisotopic (exact) mass is 612 g/mol. The van der Waals surface area contributed by atoms with Crippen molar-refractivity contribution >= 4 is 63.7 Å². The number of amides is 2. The van der Waals surface area contributed by atoms with E-state index in [9.17, 15) is 24.0 Å². The Morgan fingerprint density at radius 2 is 1.95 bits per heavy atom. The van der Waals surface area contributed by atoms with Crippen LogP contribution in [0.2, 0.25) is 0 Å². The van der Waals surface area contributed by atoms with Gasteiger partial charge in [0.15, 0.2) is 10.8 Å². The molecule has 3 heterocycles. The van der Waals surface area contributed by atoms with Crippen molar-refractivity contribution in [2.75, 3.05) is 31.4 Å². The van der Waals surface area contributed by atoms with Crippen molar-refractivity contribution in [1.82, 2.24) is 15.2 Å². The summed E-state index contributed by atoms with van der Waals surface area (Å²) in [6.07, 6.45) is -0.500. The number of hydrogen-bond donors (Lipinski definition) is 3. The van der Waals surface area contributed by atoms with Crippen molar-refractivity contribution < 1.29 is 43.0 Å². The molecule has 2 aliphatic heterocycles. The molecule has 0 radical (unpaired) electrons. The predicted octanol–water partition coefficient (Wildman–Crippen LogP) is 0.100. The molecular weight excluding hydrogens is 580 g/mol. The van der Waals surface area contributed by atoms with Crippen molar-refractivity contribution in [3.05, 3.63) is 22.3 Å².